The largest absolute Gasteiger partial charge is 0.347 e. The van der Waals surface area contributed by atoms with E-state index in [1.165, 1.54) is 10.8 Å². The summed E-state index contributed by atoms with van der Waals surface area (Å²) < 4.78 is 1.52. The third-order valence-corrected chi connectivity index (χ3v) is 2.32. The molecule has 0 aliphatic heterocycles. The third kappa shape index (κ3) is 3.68. The molecule has 5 heteroatoms. The van der Waals surface area contributed by atoms with Crippen LogP contribution in [-0.2, 0) is 6.54 Å². The number of hydrogen-bond donors (Lipinski definition) is 0. The Hall–Kier alpha value is -0.540. The van der Waals surface area contributed by atoms with Crippen molar-refractivity contribution in [2.24, 2.45) is 0 Å². The van der Waals surface area contributed by atoms with Crippen molar-refractivity contribution in [3.63, 3.8) is 0 Å². The van der Waals surface area contributed by atoms with Crippen LogP contribution in [0.2, 0.25) is 5.02 Å². The maximum atomic E-state index is 11.2. The Balaban J connectivity index is 2.49. The van der Waals surface area contributed by atoms with Crippen LogP contribution in [0.4, 0.5) is 0 Å². The van der Waals surface area contributed by atoms with E-state index in [4.69, 9.17) is 23.2 Å². The molecular formula is C9H12Cl2N2O. The molecule has 1 aromatic rings. The summed E-state index contributed by atoms with van der Waals surface area (Å²) in [6.07, 6.45) is 5.89. The average Bonchev–Trinajstić information content (AvgIpc) is 2.18. The van der Waals surface area contributed by atoms with Gasteiger partial charge in [-0.3, -0.25) is 4.57 Å². The minimum absolute atomic E-state index is 0.250. The molecule has 0 amide bonds. The smallest absolute Gasteiger partial charge is 0.298 e. The quantitative estimate of drug-likeness (QED) is 0.579. The van der Waals surface area contributed by atoms with Crippen LogP contribution in [0.5, 0.6) is 0 Å². The van der Waals surface area contributed by atoms with Crippen LogP contribution >= 0.6 is 23.2 Å². The van der Waals surface area contributed by atoms with Crippen LogP contribution in [0.1, 0.15) is 19.3 Å². The first-order chi connectivity index (χ1) is 6.74. The molecule has 1 rings (SSSR count). The topological polar surface area (TPSA) is 34.9 Å². The number of hydrogen-bond acceptors (Lipinski definition) is 2. The summed E-state index contributed by atoms with van der Waals surface area (Å²) >= 11 is 11.3. The van der Waals surface area contributed by atoms with Gasteiger partial charge in [0.2, 0.25) is 0 Å². The van der Waals surface area contributed by atoms with Gasteiger partial charge in [-0.25, -0.2) is 9.78 Å². The van der Waals surface area contributed by atoms with Crippen molar-refractivity contribution < 1.29 is 0 Å². The molecule has 0 aliphatic carbocycles. The molecule has 0 unspecified atom stereocenters. The molecule has 0 fully saturated rings. The van der Waals surface area contributed by atoms with Gasteiger partial charge < -0.3 is 0 Å². The normalized spacial score (nSPS) is 10.4. The fraction of sp³-hybridized carbons (Fsp3) is 0.556. The van der Waals surface area contributed by atoms with Crippen LogP contribution in [0, 0.1) is 0 Å². The Morgan fingerprint density at radius 1 is 1.36 bits per heavy atom. The first kappa shape index (κ1) is 11.5. The maximum absolute atomic E-state index is 11.2. The Bertz CT molecular complexity index is 338. The van der Waals surface area contributed by atoms with Gasteiger partial charge in [-0.2, -0.15) is 0 Å². The lowest BCUT2D eigenvalue weighted by Gasteiger charge is -2.03. The SMILES string of the molecule is O=c1ncc(Cl)cn1CCCCCCl. The number of aromatic nitrogens is 2. The van der Waals surface area contributed by atoms with E-state index in [9.17, 15) is 4.79 Å². The second-order valence-corrected chi connectivity index (χ2v) is 3.81. The fourth-order valence-corrected chi connectivity index (χ4v) is 1.50. The van der Waals surface area contributed by atoms with Gasteiger partial charge in [0.1, 0.15) is 0 Å². The number of halogens is 2. The standard InChI is InChI=1S/C9H12Cl2N2O/c10-4-2-1-3-5-13-7-8(11)6-12-9(13)14/h6-7H,1-5H2. The van der Waals surface area contributed by atoms with Gasteiger partial charge in [0.25, 0.3) is 0 Å². The van der Waals surface area contributed by atoms with E-state index in [2.05, 4.69) is 4.98 Å². The minimum Gasteiger partial charge on any atom is -0.298 e. The number of unbranched alkanes of at least 4 members (excludes halogenated alkanes) is 2. The number of aryl methyl sites for hydroxylation is 1. The monoisotopic (exact) mass is 234 g/mol. The van der Waals surface area contributed by atoms with Crippen LogP contribution < -0.4 is 5.69 Å². The van der Waals surface area contributed by atoms with E-state index in [0.29, 0.717) is 17.4 Å². The summed E-state index contributed by atoms with van der Waals surface area (Å²) in [5.74, 6) is 0.669. The minimum atomic E-state index is -0.250. The van der Waals surface area contributed by atoms with Crippen molar-refractivity contribution in [2.45, 2.75) is 25.8 Å². The first-order valence-corrected chi connectivity index (χ1v) is 5.43. The number of alkyl halides is 1. The molecule has 0 radical (unpaired) electrons. The molecule has 0 saturated carbocycles. The zero-order valence-corrected chi connectivity index (χ0v) is 9.26. The van der Waals surface area contributed by atoms with Gasteiger partial charge in [0, 0.05) is 18.6 Å². The third-order valence-electron chi connectivity index (χ3n) is 1.86. The van der Waals surface area contributed by atoms with Crippen LogP contribution in [0.3, 0.4) is 0 Å². The molecule has 0 bridgehead atoms. The summed E-state index contributed by atoms with van der Waals surface area (Å²) in [5, 5.41) is 0.488. The van der Waals surface area contributed by atoms with Crippen molar-refractivity contribution in [1.29, 1.82) is 0 Å². The molecule has 1 aromatic heterocycles. The lowest BCUT2D eigenvalue weighted by atomic mass is 10.2. The lowest BCUT2D eigenvalue weighted by molar-refractivity contribution is 0.578. The molecule has 78 valence electrons. The Morgan fingerprint density at radius 2 is 2.14 bits per heavy atom. The van der Waals surface area contributed by atoms with Gasteiger partial charge in [-0.05, 0) is 12.8 Å². The molecule has 0 atom stereocenters. The molecule has 0 N–H and O–H groups in total. The van der Waals surface area contributed by atoms with E-state index >= 15 is 0 Å². The molecule has 1 heterocycles. The van der Waals surface area contributed by atoms with Crippen molar-refractivity contribution in [3.05, 3.63) is 27.9 Å². The predicted molar refractivity (Wildman–Crippen MR) is 58.1 cm³/mol. The zero-order valence-electron chi connectivity index (χ0n) is 7.75. The van der Waals surface area contributed by atoms with Gasteiger partial charge in [0.05, 0.1) is 11.2 Å². The van der Waals surface area contributed by atoms with E-state index in [1.807, 2.05) is 0 Å². The predicted octanol–water partition coefficient (Wildman–Crippen LogP) is 2.31. The van der Waals surface area contributed by atoms with Crippen molar-refractivity contribution in [3.8, 4) is 0 Å². The van der Waals surface area contributed by atoms with E-state index < -0.39 is 0 Å². The fourth-order valence-electron chi connectivity index (χ4n) is 1.14. The summed E-state index contributed by atoms with van der Waals surface area (Å²) in [5.41, 5.74) is -0.250. The second kappa shape index (κ2) is 6.04. The van der Waals surface area contributed by atoms with Gasteiger partial charge >= 0.3 is 5.69 Å². The molecule has 14 heavy (non-hydrogen) atoms. The van der Waals surface area contributed by atoms with Crippen molar-refractivity contribution in [1.82, 2.24) is 9.55 Å². The number of rotatable bonds is 5. The highest BCUT2D eigenvalue weighted by molar-refractivity contribution is 6.30. The Morgan fingerprint density at radius 3 is 2.86 bits per heavy atom. The van der Waals surface area contributed by atoms with Crippen LogP contribution in [-0.4, -0.2) is 15.4 Å². The first-order valence-electron chi connectivity index (χ1n) is 4.52. The molecular weight excluding hydrogens is 223 g/mol. The molecule has 0 spiro atoms. The van der Waals surface area contributed by atoms with E-state index in [-0.39, 0.29) is 5.69 Å². The van der Waals surface area contributed by atoms with Gasteiger partial charge in [-0.1, -0.05) is 18.0 Å². The molecule has 3 nitrogen and oxygen atoms in total. The maximum Gasteiger partial charge on any atom is 0.347 e. The summed E-state index contributed by atoms with van der Waals surface area (Å²) in [6.45, 7) is 0.656. The highest BCUT2D eigenvalue weighted by Crippen LogP contribution is 2.03. The molecule has 0 aliphatic rings. The molecule has 0 saturated heterocycles. The number of nitrogens with zero attached hydrogens (tertiary/aromatic N) is 2. The average molecular weight is 235 g/mol. The van der Waals surface area contributed by atoms with Gasteiger partial charge in [-0.15, -0.1) is 11.6 Å². The summed E-state index contributed by atoms with van der Waals surface area (Å²) in [6, 6.07) is 0. The highest BCUT2D eigenvalue weighted by atomic mass is 35.5. The second-order valence-electron chi connectivity index (χ2n) is 3.00. The van der Waals surface area contributed by atoms with E-state index in [1.54, 1.807) is 6.20 Å². The Kier molecular flexibility index (Phi) is 4.98. The summed E-state index contributed by atoms with van der Waals surface area (Å²) in [4.78, 5) is 14.8. The zero-order chi connectivity index (χ0) is 10.4. The van der Waals surface area contributed by atoms with E-state index in [0.717, 1.165) is 19.3 Å². The van der Waals surface area contributed by atoms with Gasteiger partial charge in [0.15, 0.2) is 0 Å². The summed E-state index contributed by atoms with van der Waals surface area (Å²) in [7, 11) is 0. The molecule has 0 aromatic carbocycles. The van der Waals surface area contributed by atoms with Crippen LogP contribution in [0.25, 0.3) is 0 Å². The Labute approximate surface area is 92.7 Å². The van der Waals surface area contributed by atoms with Crippen LogP contribution in [0.15, 0.2) is 17.2 Å². The highest BCUT2D eigenvalue weighted by Gasteiger charge is 1.97. The van der Waals surface area contributed by atoms with Crippen molar-refractivity contribution in [2.75, 3.05) is 5.88 Å². The van der Waals surface area contributed by atoms with Crippen molar-refractivity contribution >= 4 is 23.2 Å². The lowest BCUT2D eigenvalue weighted by Crippen LogP contribution is -2.21.